The number of anilines is 2. The van der Waals surface area contributed by atoms with Gasteiger partial charge in [0.05, 0.1) is 4.90 Å². The molecule has 3 fully saturated rings. The molecule has 240 valence electrons. The zero-order chi connectivity index (χ0) is 31.5. The van der Waals surface area contributed by atoms with Crippen LogP contribution >= 0.6 is 11.6 Å². The molecule has 10 nitrogen and oxygen atoms in total. The summed E-state index contributed by atoms with van der Waals surface area (Å²) in [5.74, 6) is -4.33. The molecule has 1 saturated carbocycles. The maximum atomic E-state index is 15.8. The van der Waals surface area contributed by atoms with Gasteiger partial charge in [-0.2, -0.15) is 4.31 Å². The van der Waals surface area contributed by atoms with Crippen LogP contribution in [0.1, 0.15) is 50.5 Å². The fourth-order valence-corrected chi connectivity index (χ4v) is 7.88. The Bertz CT molecular complexity index is 1450. The third-order valence-electron chi connectivity index (χ3n) is 8.83. The molecule has 1 aliphatic carbocycles. The average Bonchev–Trinajstić information content (AvgIpc) is 3.46. The van der Waals surface area contributed by atoms with Crippen molar-refractivity contribution in [2.75, 3.05) is 55.7 Å². The summed E-state index contributed by atoms with van der Waals surface area (Å²) in [4.78, 5) is 32.2. The molecule has 2 aromatic rings. The van der Waals surface area contributed by atoms with Crippen molar-refractivity contribution >= 4 is 44.9 Å². The Morgan fingerprint density at radius 3 is 2.34 bits per heavy atom. The number of halogens is 3. The lowest BCUT2D eigenvalue weighted by molar-refractivity contribution is -0.129. The van der Waals surface area contributed by atoms with E-state index >= 15 is 8.78 Å². The minimum Gasteiger partial charge on any atom is -0.396 e. The number of alkyl halides is 2. The summed E-state index contributed by atoms with van der Waals surface area (Å²) in [5, 5.41) is 11.6. The number of hydrogen-bond acceptors (Lipinski definition) is 7. The summed E-state index contributed by atoms with van der Waals surface area (Å²) in [6.45, 7) is 1.72. The molecule has 2 N–H and O–H groups in total. The minimum absolute atomic E-state index is 0.0231. The van der Waals surface area contributed by atoms with Gasteiger partial charge >= 0.3 is 0 Å². The van der Waals surface area contributed by atoms with Crippen LogP contribution in [0.15, 0.2) is 41.3 Å². The monoisotopic (exact) mass is 653 g/mol. The molecule has 0 unspecified atom stereocenters. The van der Waals surface area contributed by atoms with Gasteiger partial charge in [-0.1, -0.05) is 11.6 Å². The molecular weight excluding hydrogens is 616 g/mol. The fourth-order valence-electron chi connectivity index (χ4n) is 6.25. The van der Waals surface area contributed by atoms with Gasteiger partial charge in [-0.25, -0.2) is 22.2 Å². The quantitative estimate of drug-likeness (QED) is 0.296. The molecule has 3 aliphatic rings. The molecule has 2 saturated heterocycles. The fraction of sp³-hybridized carbons (Fsp3) is 0.567. The smallest absolute Gasteiger partial charge is 0.276 e. The van der Waals surface area contributed by atoms with Gasteiger partial charge in [-0.05, 0) is 74.9 Å². The Morgan fingerprint density at radius 1 is 1.05 bits per heavy atom. The number of sulfonamides is 1. The minimum atomic E-state index is -3.80. The van der Waals surface area contributed by atoms with Gasteiger partial charge in [0.15, 0.2) is 0 Å². The van der Waals surface area contributed by atoms with E-state index in [-0.39, 0.29) is 84.8 Å². The van der Waals surface area contributed by atoms with E-state index in [2.05, 4.69) is 10.3 Å². The molecular formula is C30H38ClF2N5O5S. The number of pyridine rings is 1. The maximum Gasteiger partial charge on any atom is 0.276 e. The molecule has 2 amide bonds. The molecule has 3 heterocycles. The lowest BCUT2D eigenvalue weighted by Gasteiger charge is -2.36. The van der Waals surface area contributed by atoms with Gasteiger partial charge in [0.2, 0.25) is 21.8 Å². The molecule has 0 radical (unpaired) electrons. The summed E-state index contributed by atoms with van der Waals surface area (Å²) in [5.41, 5.74) is 0.429. The van der Waals surface area contributed by atoms with E-state index < -0.39 is 21.9 Å². The highest BCUT2D eigenvalue weighted by Crippen LogP contribution is 2.46. The highest BCUT2D eigenvalue weighted by Gasteiger charge is 2.44. The van der Waals surface area contributed by atoms with E-state index in [4.69, 9.17) is 16.7 Å². The van der Waals surface area contributed by atoms with Crippen LogP contribution in [0, 0.1) is 11.8 Å². The summed E-state index contributed by atoms with van der Waals surface area (Å²) >= 11 is 6.22. The zero-order valence-electron chi connectivity index (χ0n) is 24.4. The Hall–Kier alpha value is -2.87. The van der Waals surface area contributed by atoms with Crippen molar-refractivity contribution < 1.29 is 31.9 Å². The first-order valence-corrected chi connectivity index (χ1v) is 16.9. The summed E-state index contributed by atoms with van der Waals surface area (Å²) in [7, 11) is -3.80. The van der Waals surface area contributed by atoms with Crippen LogP contribution in [0.5, 0.6) is 0 Å². The molecule has 1 aromatic carbocycles. The predicted molar refractivity (Wildman–Crippen MR) is 162 cm³/mol. The van der Waals surface area contributed by atoms with Gasteiger partial charge in [0.1, 0.15) is 11.0 Å². The van der Waals surface area contributed by atoms with Crippen LogP contribution in [-0.2, 0) is 25.5 Å². The number of hydrogen-bond donors (Lipinski definition) is 2. The molecule has 1 aromatic heterocycles. The SMILES string of the molecule is O=C1CCCN1c1ccc(S(=O)(=O)N2CCN(c3cc(C(F)(F)[C@H]4CC[C@@H](C(=O)NCCCO)CC4)cc(Cl)n3)CC2)cc1. The molecule has 0 bridgehead atoms. The molecule has 2 aliphatic heterocycles. The number of nitrogens with one attached hydrogen (secondary N) is 1. The lowest BCUT2D eigenvalue weighted by Crippen LogP contribution is -2.49. The number of carbonyl (C=O) groups excluding carboxylic acids is 2. The van der Waals surface area contributed by atoms with E-state index in [1.807, 2.05) is 0 Å². The van der Waals surface area contributed by atoms with Crippen molar-refractivity contribution in [2.45, 2.75) is 55.8 Å². The van der Waals surface area contributed by atoms with Crippen molar-refractivity contribution in [3.63, 3.8) is 0 Å². The first-order valence-electron chi connectivity index (χ1n) is 15.1. The van der Waals surface area contributed by atoms with Gasteiger partial charge in [-0.15, -0.1) is 0 Å². The second kappa shape index (κ2) is 13.6. The van der Waals surface area contributed by atoms with Crippen LogP contribution in [0.2, 0.25) is 5.15 Å². The van der Waals surface area contributed by atoms with E-state index in [0.29, 0.717) is 44.5 Å². The highest BCUT2D eigenvalue weighted by atomic mass is 35.5. The second-order valence-electron chi connectivity index (χ2n) is 11.6. The van der Waals surface area contributed by atoms with Crippen molar-refractivity contribution in [3.8, 4) is 0 Å². The van der Waals surface area contributed by atoms with Gasteiger partial charge < -0.3 is 20.2 Å². The van der Waals surface area contributed by atoms with Crippen LogP contribution in [-0.4, -0.2) is 80.5 Å². The highest BCUT2D eigenvalue weighted by molar-refractivity contribution is 7.89. The summed E-state index contributed by atoms with van der Waals surface area (Å²) in [6, 6.07) is 8.81. The van der Waals surface area contributed by atoms with E-state index in [0.717, 1.165) is 6.42 Å². The Labute approximate surface area is 261 Å². The molecule has 0 atom stereocenters. The average molecular weight is 654 g/mol. The normalized spacial score (nSPS) is 22.0. The number of nitrogens with zero attached hydrogens (tertiary/aromatic N) is 4. The van der Waals surface area contributed by atoms with Crippen LogP contribution < -0.4 is 15.1 Å². The van der Waals surface area contributed by atoms with Gasteiger partial charge in [0, 0.05) is 75.4 Å². The Morgan fingerprint density at radius 2 is 1.73 bits per heavy atom. The number of aliphatic hydroxyl groups excluding tert-OH is 1. The van der Waals surface area contributed by atoms with Gasteiger partial charge in [-0.3, -0.25) is 9.59 Å². The molecule has 0 spiro atoms. The Balaban J connectivity index is 1.20. The van der Waals surface area contributed by atoms with Crippen LogP contribution in [0.3, 0.4) is 0 Å². The predicted octanol–water partition coefficient (Wildman–Crippen LogP) is 3.77. The second-order valence-corrected chi connectivity index (χ2v) is 13.9. The number of aromatic nitrogens is 1. The number of rotatable bonds is 10. The number of benzene rings is 1. The largest absolute Gasteiger partial charge is 0.396 e. The Kier molecular flexibility index (Phi) is 10.1. The third kappa shape index (κ3) is 7.00. The first-order chi connectivity index (χ1) is 21.0. The third-order valence-corrected chi connectivity index (χ3v) is 10.9. The van der Waals surface area contributed by atoms with Gasteiger partial charge in [0.25, 0.3) is 5.92 Å². The molecule has 5 rings (SSSR count). The van der Waals surface area contributed by atoms with E-state index in [1.54, 1.807) is 21.9 Å². The maximum absolute atomic E-state index is 15.8. The van der Waals surface area contributed by atoms with Crippen LogP contribution in [0.25, 0.3) is 0 Å². The standard InChI is InChI=1S/C30H38ClF2N5O5S/c31-26-19-23(30(32,33)22-6-4-21(5-7-22)29(41)34-12-2-18-39)20-27(35-26)36-14-16-37(17-15-36)44(42,43)25-10-8-24(9-11-25)38-13-1-3-28(38)40/h8-11,19-22,39H,1-7,12-18H2,(H,34,41)/t21-,22+. The molecule has 44 heavy (non-hydrogen) atoms. The summed E-state index contributed by atoms with van der Waals surface area (Å²) < 4.78 is 59.5. The van der Waals surface area contributed by atoms with Crippen molar-refractivity contribution in [3.05, 3.63) is 47.1 Å². The van der Waals surface area contributed by atoms with E-state index in [1.165, 1.54) is 28.6 Å². The molecule has 14 heteroatoms. The van der Waals surface area contributed by atoms with Crippen LogP contribution in [0.4, 0.5) is 20.3 Å². The van der Waals surface area contributed by atoms with Crippen molar-refractivity contribution in [2.24, 2.45) is 11.8 Å². The topological polar surface area (TPSA) is 123 Å². The number of carbonyl (C=O) groups is 2. The first kappa shape index (κ1) is 32.5. The number of amides is 2. The van der Waals surface area contributed by atoms with Crippen molar-refractivity contribution in [1.29, 1.82) is 0 Å². The number of aliphatic hydroxyl groups is 1. The number of piperazine rings is 1. The van der Waals surface area contributed by atoms with E-state index in [9.17, 15) is 18.0 Å². The zero-order valence-corrected chi connectivity index (χ0v) is 26.0. The lowest BCUT2D eigenvalue weighted by atomic mass is 9.77. The van der Waals surface area contributed by atoms with Crippen molar-refractivity contribution in [1.82, 2.24) is 14.6 Å². The summed E-state index contributed by atoms with van der Waals surface area (Å²) in [6.07, 6.45) is 2.79.